The molecule has 0 spiro atoms. The third-order valence-electron chi connectivity index (χ3n) is 3.07. The number of hydrogen-bond donors (Lipinski definition) is 2. The van der Waals surface area contributed by atoms with Crippen LogP contribution in [0.25, 0.3) is 0 Å². The van der Waals surface area contributed by atoms with Crippen LogP contribution in [0, 0.1) is 0 Å². The van der Waals surface area contributed by atoms with E-state index in [4.69, 9.17) is 10.6 Å². The fraction of sp³-hybridized carbons (Fsp3) is 0.538. The zero-order chi connectivity index (χ0) is 12.1. The van der Waals surface area contributed by atoms with Crippen LogP contribution < -0.4 is 10.6 Å². The molecular formula is C13H19NO3. The van der Waals surface area contributed by atoms with Crippen molar-refractivity contribution in [1.29, 1.82) is 0 Å². The number of hydrogen-bond acceptors (Lipinski definition) is 4. The minimum absolute atomic E-state index is 0.0923. The van der Waals surface area contributed by atoms with E-state index in [1.165, 1.54) is 24.0 Å². The Morgan fingerprint density at radius 2 is 2.06 bits per heavy atom. The van der Waals surface area contributed by atoms with Gasteiger partial charge in [-0.2, -0.15) is 0 Å². The van der Waals surface area contributed by atoms with E-state index in [1.54, 1.807) is 0 Å². The Labute approximate surface area is 101 Å². The molecule has 17 heavy (non-hydrogen) atoms. The van der Waals surface area contributed by atoms with E-state index in [9.17, 15) is 5.11 Å². The van der Waals surface area contributed by atoms with Crippen LogP contribution in [-0.4, -0.2) is 24.4 Å². The van der Waals surface area contributed by atoms with Crippen molar-refractivity contribution in [2.75, 3.05) is 13.2 Å². The van der Waals surface area contributed by atoms with E-state index in [1.807, 2.05) is 12.1 Å². The fourth-order valence-corrected chi connectivity index (χ4v) is 2.23. The predicted octanol–water partition coefficient (Wildman–Crippen LogP) is 1.20. The smallest absolute Gasteiger partial charge is 0.122 e. The molecule has 4 nitrogen and oxygen atoms in total. The first kappa shape index (κ1) is 12.4. The summed E-state index contributed by atoms with van der Waals surface area (Å²) in [6.07, 6.45) is 3.97. The third kappa shape index (κ3) is 3.19. The standard InChI is InChI=1S/C13H19NO3/c14-17-9-11(15)8-16-13-7-3-5-10-4-1-2-6-12(10)13/h3,5,7,11,15H,1-2,4,6,8-9,14H2. The van der Waals surface area contributed by atoms with Gasteiger partial charge in [0.2, 0.25) is 0 Å². The van der Waals surface area contributed by atoms with Gasteiger partial charge in [-0.25, -0.2) is 5.90 Å². The summed E-state index contributed by atoms with van der Waals surface area (Å²) in [5, 5.41) is 9.48. The fourth-order valence-electron chi connectivity index (χ4n) is 2.23. The highest BCUT2D eigenvalue weighted by Crippen LogP contribution is 2.29. The molecule has 94 valence electrons. The molecule has 0 amide bonds. The summed E-state index contributed by atoms with van der Waals surface area (Å²) >= 11 is 0. The number of fused-ring (bicyclic) bond motifs is 1. The topological polar surface area (TPSA) is 64.7 Å². The van der Waals surface area contributed by atoms with Gasteiger partial charge in [0, 0.05) is 0 Å². The maximum absolute atomic E-state index is 9.48. The van der Waals surface area contributed by atoms with E-state index in [0.29, 0.717) is 0 Å². The van der Waals surface area contributed by atoms with Crippen LogP contribution in [0.5, 0.6) is 5.75 Å². The monoisotopic (exact) mass is 237 g/mol. The van der Waals surface area contributed by atoms with Crippen LogP contribution >= 0.6 is 0 Å². The SMILES string of the molecule is NOCC(O)COc1cccc2c1CCCC2. The molecule has 0 fully saturated rings. The summed E-state index contributed by atoms with van der Waals surface area (Å²) in [4.78, 5) is 4.37. The molecule has 0 radical (unpaired) electrons. The molecule has 4 heteroatoms. The van der Waals surface area contributed by atoms with Crippen LogP contribution in [0.2, 0.25) is 0 Å². The second-order valence-electron chi connectivity index (χ2n) is 4.40. The summed E-state index contributed by atoms with van der Waals surface area (Å²) in [5.41, 5.74) is 2.66. The molecule has 1 unspecified atom stereocenters. The average molecular weight is 237 g/mol. The lowest BCUT2D eigenvalue weighted by Gasteiger charge is -2.20. The van der Waals surface area contributed by atoms with Gasteiger partial charge in [-0.05, 0) is 42.9 Å². The maximum Gasteiger partial charge on any atom is 0.122 e. The molecule has 0 bridgehead atoms. The van der Waals surface area contributed by atoms with Gasteiger partial charge in [0.1, 0.15) is 18.5 Å². The van der Waals surface area contributed by atoms with Gasteiger partial charge < -0.3 is 14.7 Å². The quantitative estimate of drug-likeness (QED) is 0.755. The third-order valence-corrected chi connectivity index (χ3v) is 3.07. The van der Waals surface area contributed by atoms with Crippen LogP contribution in [-0.2, 0) is 17.7 Å². The van der Waals surface area contributed by atoms with E-state index in [0.717, 1.165) is 18.6 Å². The summed E-state index contributed by atoms with van der Waals surface area (Å²) in [6, 6.07) is 6.12. The molecule has 0 heterocycles. The lowest BCUT2D eigenvalue weighted by molar-refractivity contribution is 0.0114. The van der Waals surface area contributed by atoms with Crippen molar-refractivity contribution in [3.8, 4) is 5.75 Å². The minimum Gasteiger partial charge on any atom is -0.491 e. The minimum atomic E-state index is -0.681. The highest BCUT2D eigenvalue weighted by atomic mass is 16.6. The number of benzene rings is 1. The normalized spacial score (nSPS) is 16.4. The molecule has 3 N–H and O–H groups in total. The van der Waals surface area contributed by atoms with Crippen LogP contribution in [0.1, 0.15) is 24.0 Å². The van der Waals surface area contributed by atoms with E-state index < -0.39 is 6.10 Å². The average Bonchev–Trinajstić information content (AvgIpc) is 2.36. The molecule has 1 aliphatic rings. The Morgan fingerprint density at radius 3 is 2.88 bits per heavy atom. The van der Waals surface area contributed by atoms with Crippen LogP contribution in [0.3, 0.4) is 0 Å². The van der Waals surface area contributed by atoms with Gasteiger partial charge in [-0.15, -0.1) is 0 Å². The lowest BCUT2D eigenvalue weighted by atomic mass is 9.91. The lowest BCUT2D eigenvalue weighted by Crippen LogP contribution is -2.25. The van der Waals surface area contributed by atoms with Crippen molar-refractivity contribution in [3.63, 3.8) is 0 Å². The van der Waals surface area contributed by atoms with E-state index in [2.05, 4.69) is 10.9 Å². The first-order valence-electron chi connectivity index (χ1n) is 6.04. The van der Waals surface area contributed by atoms with E-state index >= 15 is 0 Å². The maximum atomic E-state index is 9.48. The second kappa shape index (κ2) is 6.00. The molecule has 1 aliphatic carbocycles. The highest BCUT2D eigenvalue weighted by molar-refractivity contribution is 5.41. The van der Waals surface area contributed by atoms with Gasteiger partial charge in [0.25, 0.3) is 0 Å². The number of ether oxygens (including phenoxy) is 1. The number of aryl methyl sites for hydroxylation is 1. The molecule has 0 aromatic heterocycles. The largest absolute Gasteiger partial charge is 0.491 e. The van der Waals surface area contributed by atoms with Gasteiger partial charge in [-0.3, -0.25) is 0 Å². The Balaban J connectivity index is 2.01. The number of nitrogens with two attached hydrogens (primary N) is 1. The summed E-state index contributed by atoms with van der Waals surface area (Å²) < 4.78 is 5.63. The van der Waals surface area contributed by atoms with Crippen molar-refractivity contribution < 1.29 is 14.7 Å². The molecule has 1 aromatic carbocycles. The molecule has 2 rings (SSSR count). The molecule has 0 saturated carbocycles. The van der Waals surface area contributed by atoms with Gasteiger partial charge >= 0.3 is 0 Å². The van der Waals surface area contributed by atoms with Gasteiger partial charge in [0.05, 0.1) is 6.61 Å². The van der Waals surface area contributed by atoms with Gasteiger partial charge in [0.15, 0.2) is 0 Å². The highest BCUT2D eigenvalue weighted by Gasteiger charge is 2.14. The molecular weight excluding hydrogens is 218 g/mol. The van der Waals surface area contributed by atoms with Crippen LogP contribution in [0.15, 0.2) is 18.2 Å². The number of aliphatic hydroxyl groups is 1. The van der Waals surface area contributed by atoms with Crippen molar-refractivity contribution >= 4 is 0 Å². The Morgan fingerprint density at radius 1 is 1.24 bits per heavy atom. The Bertz CT molecular complexity index is 368. The first-order chi connectivity index (χ1) is 8.31. The van der Waals surface area contributed by atoms with Crippen molar-refractivity contribution in [2.24, 2.45) is 5.90 Å². The predicted molar refractivity (Wildman–Crippen MR) is 64.7 cm³/mol. The molecule has 1 aromatic rings. The zero-order valence-corrected chi connectivity index (χ0v) is 9.89. The van der Waals surface area contributed by atoms with Crippen molar-refractivity contribution in [1.82, 2.24) is 0 Å². The van der Waals surface area contributed by atoms with Gasteiger partial charge in [-0.1, -0.05) is 12.1 Å². The summed E-state index contributed by atoms with van der Waals surface area (Å²) in [6.45, 7) is 0.308. The number of aliphatic hydroxyl groups excluding tert-OH is 1. The molecule has 0 aliphatic heterocycles. The van der Waals surface area contributed by atoms with Crippen molar-refractivity contribution in [3.05, 3.63) is 29.3 Å². The van der Waals surface area contributed by atoms with Crippen LogP contribution in [0.4, 0.5) is 0 Å². The number of rotatable bonds is 5. The summed E-state index contributed by atoms with van der Waals surface area (Å²) in [7, 11) is 0. The Hall–Kier alpha value is -1.10. The first-order valence-corrected chi connectivity index (χ1v) is 6.04. The molecule has 0 saturated heterocycles. The van der Waals surface area contributed by atoms with E-state index in [-0.39, 0.29) is 13.2 Å². The Kier molecular flexibility index (Phi) is 4.36. The summed E-state index contributed by atoms with van der Waals surface area (Å²) in [5.74, 6) is 5.78. The molecule has 1 atom stereocenters. The van der Waals surface area contributed by atoms with Crippen molar-refractivity contribution in [2.45, 2.75) is 31.8 Å². The zero-order valence-electron chi connectivity index (χ0n) is 9.89. The second-order valence-corrected chi connectivity index (χ2v) is 4.40.